The van der Waals surface area contributed by atoms with Gasteiger partial charge in [0.1, 0.15) is 11.5 Å². The highest BCUT2D eigenvalue weighted by Crippen LogP contribution is 2.33. The Morgan fingerprint density at radius 2 is 1.90 bits per heavy atom. The molecular formula is C15H17N3O3. The summed E-state index contributed by atoms with van der Waals surface area (Å²) in [5.41, 5.74) is 7.65. The normalized spacial score (nSPS) is 11.0. The van der Waals surface area contributed by atoms with E-state index < -0.39 is 0 Å². The van der Waals surface area contributed by atoms with Gasteiger partial charge in [-0.2, -0.15) is 0 Å². The smallest absolute Gasteiger partial charge is 0.201 e. The van der Waals surface area contributed by atoms with Crippen molar-refractivity contribution in [2.24, 2.45) is 0 Å². The molecule has 0 saturated carbocycles. The Morgan fingerprint density at radius 3 is 2.52 bits per heavy atom. The molecule has 2 N–H and O–H groups in total. The van der Waals surface area contributed by atoms with Crippen molar-refractivity contribution in [1.82, 2.24) is 9.55 Å². The van der Waals surface area contributed by atoms with Crippen LogP contribution in [0.25, 0.3) is 11.0 Å². The number of rotatable bonds is 4. The van der Waals surface area contributed by atoms with Gasteiger partial charge < -0.3 is 24.2 Å². The van der Waals surface area contributed by atoms with Crippen LogP contribution in [-0.2, 0) is 6.54 Å². The fourth-order valence-corrected chi connectivity index (χ4v) is 2.36. The summed E-state index contributed by atoms with van der Waals surface area (Å²) in [7, 11) is 3.19. The molecule has 110 valence electrons. The molecule has 0 aliphatic carbocycles. The molecule has 3 rings (SSSR count). The zero-order valence-electron chi connectivity index (χ0n) is 12.2. The van der Waals surface area contributed by atoms with Gasteiger partial charge in [-0.15, -0.1) is 0 Å². The number of imidazole rings is 1. The van der Waals surface area contributed by atoms with Gasteiger partial charge in [-0.1, -0.05) is 0 Å². The molecule has 0 fully saturated rings. The van der Waals surface area contributed by atoms with Crippen molar-refractivity contribution in [2.75, 3.05) is 20.0 Å². The van der Waals surface area contributed by atoms with Crippen molar-refractivity contribution < 1.29 is 13.9 Å². The highest BCUT2D eigenvalue weighted by molar-refractivity contribution is 5.82. The minimum absolute atomic E-state index is 0.425. The van der Waals surface area contributed by atoms with E-state index in [9.17, 15) is 0 Å². The van der Waals surface area contributed by atoms with Crippen LogP contribution in [-0.4, -0.2) is 23.8 Å². The molecule has 0 spiro atoms. The zero-order chi connectivity index (χ0) is 15.0. The first-order chi connectivity index (χ1) is 10.1. The Hall–Kier alpha value is -2.63. The molecule has 21 heavy (non-hydrogen) atoms. The summed E-state index contributed by atoms with van der Waals surface area (Å²) in [6, 6.07) is 7.54. The molecule has 0 aliphatic rings. The quantitative estimate of drug-likeness (QED) is 0.798. The largest absolute Gasteiger partial charge is 0.493 e. The lowest BCUT2D eigenvalue weighted by molar-refractivity contribution is 0.355. The maximum absolute atomic E-state index is 6.02. The predicted octanol–water partition coefficient (Wildman–Crippen LogP) is 2.59. The first kappa shape index (κ1) is 13.4. The van der Waals surface area contributed by atoms with E-state index in [4.69, 9.17) is 19.6 Å². The fraction of sp³-hybridized carbons (Fsp3) is 0.267. The first-order valence-corrected chi connectivity index (χ1v) is 6.55. The molecule has 2 aromatic heterocycles. The van der Waals surface area contributed by atoms with Crippen molar-refractivity contribution in [3.05, 3.63) is 35.8 Å². The molecule has 0 saturated heterocycles. The van der Waals surface area contributed by atoms with Crippen LogP contribution in [0.1, 0.15) is 11.5 Å². The second-order valence-electron chi connectivity index (χ2n) is 4.76. The molecule has 0 bridgehead atoms. The Bertz CT molecular complexity index is 789. The lowest BCUT2D eigenvalue weighted by Crippen LogP contribution is -2.04. The monoisotopic (exact) mass is 287 g/mol. The SMILES string of the molecule is COc1cc2nc(N)n(Cc3ccc(C)o3)c2cc1OC. The highest BCUT2D eigenvalue weighted by atomic mass is 16.5. The average Bonchev–Trinajstić information content (AvgIpc) is 3.02. The van der Waals surface area contributed by atoms with E-state index in [2.05, 4.69) is 4.98 Å². The zero-order valence-corrected chi connectivity index (χ0v) is 12.2. The van der Waals surface area contributed by atoms with Gasteiger partial charge in [0.25, 0.3) is 0 Å². The van der Waals surface area contributed by atoms with Crippen LogP contribution in [0.3, 0.4) is 0 Å². The Labute approximate surface area is 122 Å². The lowest BCUT2D eigenvalue weighted by Gasteiger charge is -2.09. The Kier molecular flexibility index (Phi) is 3.21. The fourth-order valence-electron chi connectivity index (χ4n) is 2.36. The van der Waals surface area contributed by atoms with Gasteiger partial charge >= 0.3 is 0 Å². The number of nitrogens with zero attached hydrogens (tertiary/aromatic N) is 2. The van der Waals surface area contributed by atoms with Gasteiger partial charge in [-0.25, -0.2) is 4.98 Å². The van der Waals surface area contributed by atoms with Gasteiger partial charge in [-0.3, -0.25) is 0 Å². The number of furan rings is 1. The number of hydrogen-bond acceptors (Lipinski definition) is 5. The van der Waals surface area contributed by atoms with Gasteiger partial charge in [-0.05, 0) is 19.1 Å². The lowest BCUT2D eigenvalue weighted by atomic mass is 10.2. The Morgan fingerprint density at radius 1 is 1.19 bits per heavy atom. The molecule has 2 heterocycles. The number of fused-ring (bicyclic) bond motifs is 1. The van der Waals surface area contributed by atoms with Crippen molar-refractivity contribution in [1.29, 1.82) is 0 Å². The summed E-state index contributed by atoms with van der Waals surface area (Å²) < 4.78 is 18.1. The summed E-state index contributed by atoms with van der Waals surface area (Å²) in [6.07, 6.45) is 0. The van der Waals surface area contributed by atoms with E-state index in [0.717, 1.165) is 22.6 Å². The standard InChI is InChI=1S/C15H17N3O3/c1-9-4-5-10(21-9)8-18-12-7-14(20-3)13(19-2)6-11(12)17-15(18)16/h4-7H,8H2,1-3H3,(H2,16,17). The van der Waals surface area contributed by atoms with Crippen molar-refractivity contribution in [3.8, 4) is 11.5 Å². The number of ether oxygens (including phenoxy) is 2. The van der Waals surface area contributed by atoms with Gasteiger partial charge in [0.05, 0.1) is 31.8 Å². The molecule has 0 radical (unpaired) electrons. The molecule has 1 aromatic carbocycles. The number of benzene rings is 1. The van der Waals surface area contributed by atoms with E-state index in [1.165, 1.54) is 0 Å². The molecule has 0 amide bonds. The van der Waals surface area contributed by atoms with E-state index in [0.29, 0.717) is 24.0 Å². The predicted molar refractivity (Wildman–Crippen MR) is 79.8 cm³/mol. The van der Waals surface area contributed by atoms with Crippen LogP contribution in [0.5, 0.6) is 11.5 Å². The number of aromatic nitrogens is 2. The van der Waals surface area contributed by atoms with Gasteiger partial charge in [0, 0.05) is 12.1 Å². The minimum Gasteiger partial charge on any atom is -0.493 e. The number of anilines is 1. The molecule has 3 aromatic rings. The van der Waals surface area contributed by atoms with Crippen LogP contribution in [0.4, 0.5) is 5.95 Å². The summed E-state index contributed by atoms with van der Waals surface area (Å²) in [4.78, 5) is 4.36. The maximum atomic E-state index is 6.02. The number of hydrogen-bond donors (Lipinski definition) is 1. The summed E-state index contributed by atoms with van der Waals surface area (Å²) in [5, 5.41) is 0. The van der Waals surface area contributed by atoms with E-state index in [1.807, 2.05) is 35.8 Å². The third-order valence-electron chi connectivity index (χ3n) is 3.39. The Balaban J connectivity index is 2.11. The van der Waals surface area contributed by atoms with Gasteiger partial charge in [0.2, 0.25) is 5.95 Å². The number of aryl methyl sites for hydroxylation is 1. The van der Waals surface area contributed by atoms with Gasteiger partial charge in [0.15, 0.2) is 11.5 Å². The summed E-state index contributed by atoms with van der Waals surface area (Å²) >= 11 is 0. The molecule has 0 aliphatic heterocycles. The second kappa shape index (κ2) is 5.05. The van der Waals surface area contributed by atoms with E-state index >= 15 is 0 Å². The molecule has 6 heteroatoms. The van der Waals surface area contributed by atoms with Crippen LogP contribution in [0, 0.1) is 6.92 Å². The molecule has 6 nitrogen and oxygen atoms in total. The average molecular weight is 287 g/mol. The topological polar surface area (TPSA) is 75.4 Å². The van der Waals surface area contributed by atoms with Crippen LogP contribution >= 0.6 is 0 Å². The summed E-state index contributed by atoms with van der Waals surface area (Å²) in [5.74, 6) is 3.39. The second-order valence-corrected chi connectivity index (χ2v) is 4.76. The molecular weight excluding hydrogens is 270 g/mol. The van der Waals surface area contributed by atoms with Crippen molar-refractivity contribution in [3.63, 3.8) is 0 Å². The van der Waals surface area contributed by atoms with E-state index in [1.54, 1.807) is 14.2 Å². The van der Waals surface area contributed by atoms with Crippen LogP contribution in [0.2, 0.25) is 0 Å². The third kappa shape index (κ3) is 2.29. The molecule has 0 atom stereocenters. The highest BCUT2D eigenvalue weighted by Gasteiger charge is 2.14. The number of methoxy groups -OCH3 is 2. The maximum Gasteiger partial charge on any atom is 0.201 e. The number of nitrogens with two attached hydrogens (primary N) is 1. The number of nitrogen functional groups attached to an aromatic ring is 1. The van der Waals surface area contributed by atoms with E-state index in [-0.39, 0.29) is 0 Å². The first-order valence-electron chi connectivity index (χ1n) is 6.55. The summed E-state index contributed by atoms with van der Waals surface area (Å²) in [6.45, 7) is 2.43. The third-order valence-corrected chi connectivity index (χ3v) is 3.39. The van der Waals surface area contributed by atoms with Crippen LogP contribution in [0.15, 0.2) is 28.7 Å². The van der Waals surface area contributed by atoms with Crippen molar-refractivity contribution in [2.45, 2.75) is 13.5 Å². The van der Waals surface area contributed by atoms with Crippen LogP contribution < -0.4 is 15.2 Å². The van der Waals surface area contributed by atoms with Crippen molar-refractivity contribution >= 4 is 17.0 Å². The molecule has 0 unspecified atom stereocenters. The minimum atomic E-state index is 0.425.